The fourth-order valence-corrected chi connectivity index (χ4v) is 2.83. The van der Waals surface area contributed by atoms with Gasteiger partial charge in [0.25, 0.3) is 5.91 Å². The highest BCUT2D eigenvalue weighted by Crippen LogP contribution is 2.29. The first kappa shape index (κ1) is 14.5. The van der Waals surface area contributed by atoms with E-state index < -0.39 is 0 Å². The fraction of sp³-hybridized carbons (Fsp3) is 0.235. The summed E-state index contributed by atoms with van der Waals surface area (Å²) in [5, 5.41) is 8.24. The average Bonchev–Trinajstić information content (AvgIpc) is 3.32. The standard InChI is InChI=1S/C17H15N5O2/c23-17(12-3-7-18-8-4-12)22-9-5-14(11-22)16-21-20-15(24-16)13-2-1-6-19-10-13/h1-4,6-8,10,14H,5,9,11H2. The smallest absolute Gasteiger partial charge is 0.253 e. The Balaban J connectivity index is 1.48. The maximum Gasteiger partial charge on any atom is 0.253 e. The van der Waals surface area contributed by atoms with Gasteiger partial charge in [-0.3, -0.25) is 14.8 Å². The molecule has 3 aromatic rings. The second-order valence-electron chi connectivity index (χ2n) is 5.66. The predicted molar refractivity (Wildman–Crippen MR) is 85.0 cm³/mol. The number of likely N-dealkylation sites (tertiary alicyclic amines) is 1. The van der Waals surface area contributed by atoms with Gasteiger partial charge in [-0.2, -0.15) is 0 Å². The third-order valence-corrected chi connectivity index (χ3v) is 4.10. The highest BCUT2D eigenvalue weighted by Gasteiger charge is 2.31. The molecule has 4 heterocycles. The number of aromatic nitrogens is 4. The number of carbonyl (C=O) groups is 1. The van der Waals surface area contributed by atoms with Crippen LogP contribution in [0.2, 0.25) is 0 Å². The summed E-state index contributed by atoms with van der Waals surface area (Å²) in [6, 6.07) is 7.15. The Morgan fingerprint density at radius 2 is 2.00 bits per heavy atom. The van der Waals surface area contributed by atoms with Crippen molar-refractivity contribution in [2.45, 2.75) is 12.3 Å². The molecule has 0 radical (unpaired) electrons. The molecule has 7 heteroatoms. The van der Waals surface area contributed by atoms with Crippen LogP contribution in [0.15, 0.2) is 53.5 Å². The molecule has 7 nitrogen and oxygen atoms in total. The van der Waals surface area contributed by atoms with Gasteiger partial charge >= 0.3 is 0 Å². The summed E-state index contributed by atoms with van der Waals surface area (Å²) >= 11 is 0. The molecule has 0 bridgehead atoms. The van der Waals surface area contributed by atoms with Gasteiger partial charge in [-0.15, -0.1) is 10.2 Å². The van der Waals surface area contributed by atoms with E-state index in [2.05, 4.69) is 20.2 Å². The SMILES string of the molecule is O=C(c1ccncc1)N1CCC(c2nnc(-c3cccnc3)o2)C1. The molecule has 1 saturated heterocycles. The minimum Gasteiger partial charge on any atom is -0.420 e. The summed E-state index contributed by atoms with van der Waals surface area (Å²) in [6.07, 6.45) is 7.44. The quantitative estimate of drug-likeness (QED) is 0.735. The molecule has 1 aliphatic rings. The Bertz CT molecular complexity index is 834. The number of hydrogen-bond donors (Lipinski definition) is 0. The topological polar surface area (TPSA) is 85.0 Å². The molecular weight excluding hydrogens is 306 g/mol. The number of pyridine rings is 2. The van der Waals surface area contributed by atoms with Crippen molar-refractivity contribution in [3.05, 3.63) is 60.5 Å². The van der Waals surface area contributed by atoms with Crippen molar-refractivity contribution in [3.8, 4) is 11.5 Å². The normalized spacial score (nSPS) is 17.2. The van der Waals surface area contributed by atoms with E-state index in [9.17, 15) is 4.79 Å². The molecule has 0 aromatic carbocycles. The lowest BCUT2D eigenvalue weighted by Crippen LogP contribution is -2.28. The lowest BCUT2D eigenvalue weighted by molar-refractivity contribution is 0.0790. The second kappa shape index (κ2) is 6.19. The maximum atomic E-state index is 12.5. The van der Waals surface area contributed by atoms with E-state index in [4.69, 9.17) is 4.42 Å². The Morgan fingerprint density at radius 3 is 2.79 bits per heavy atom. The first-order chi connectivity index (χ1) is 11.8. The molecule has 0 aliphatic carbocycles. The van der Waals surface area contributed by atoms with Crippen molar-refractivity contribution in [1.29, 1.82) is 0 Å². The molecule has 1 aliphatic heterocycles. The number of nitrogens with zero attached hydrogens (tertiary/aromatic N) is 5. The van der Waals surface area contributed by atoms with Crippen molar-refractivity contribution in [3.63, 3.8) is 0 Å². The molecule has 24 heavy (non-hydrogen) atoms. The summed E-state index contributed by atoms with van der Waals surface area (Å²) in [5.41, 5.74) is 1.44. The van der Waals surface area contributed by atoms with Crippen LogP contribution in [0.4, 0.5) is 0 Å². The molecule has 4 rings (SSSR count). The number of hydrogen-bond acceptors (Lipinski definition) is 6. The largest absolute Gasteiger partial charge is 0.420 e. The van der Waals surface area contributed by atoms with Crippen LogP contribution in [-0.4, -0.2) is 44.1 Å². The van der Waals surface area contributed by atoms with E-state index >= 15 is 0 Å². The van der Waals surface area contributed by atoms with Crippen LogP contribution in [0.3, 0.4) is 0 Å². The van der Waals surface area contributed by atoms with Crippen LogP contribution in [0.25, 0.3) is 11.5 Å². The van der Waals surface area contributed by atoms with E-state index in [-0.39, 0.29) is 11.8 Å². The molecule has 1 fully saturated rings. The third kappa shape index (κ3) is 2.76. The molecule has 0 saturated carbocycles. The van der Waals surface area contributed by atoms with Gasteiger partial charge in [0.1, 0.15) is 0 Å². The highest BCUT2D eigenvalue weighted by molar-refractivity contribution is 5.94. The van der Waals surface area contributed by atoms with E-state index in [0.29, 0.717) is 30.4 Å². The molecule has 1 unspecified atom stereocenters. The van der Waals surface area contributed by atoms with Crippen molar-refractivity contribution in [1.82, 2.24) is 25.1 Å². The van der Waals surface area contributed by atoms with Crippen molar-refractivity contribution >= 4 is 5.91 Å². The second-order valence-corrected chi connectivity index (χ2v) is 5.66. The third-order valence-electron chi connectivity index (χ3n) is 4.10. The first-order valence-corrected chi connectivity index (χ1v) is 7.74. The minimum absolute atomic E-state index is 0.00639. The number of amides is 1. The summed E-state index contributed by atoms with van der Waals surface area (Å²) in [6.45, 7) is 1.26. The molecule has 3 aromatic heterocycles. The van der Waals surface area contributed by atoms with E-state index in [1.807, 2.05) is 17.0 Å². The van der Waals surface area contributed by atoms with Crippen LogP contribution in [0.1, 0.15) is 28.6 Å². The molecule has 0 spiro atoms. The van der Waals surface area contributed by atoms with Crippen LogP contribution < -0.4 is 0 Å². The Hall–Kier alpha value is -3.09. The predicted octanol–water partition coefficient (Wildman–Crippen LogP) is 2.16. The van der Waals surface area contributed by atoms with Crippen molar-refractivity contribution in [2.75, 3.05) is 13.1 Å². The molecule has 120 valence electrons. The zero-order valence-corrected chi connectivity index (χ0v) is 12.9. The van der Waals surface area contributed by atoms with Crippen LogP contribution >= 0.6 is 0 Å². The number of carbonyl (C=O) groups excluding carboxylic acids is 1. The van der Waals surface area contributed by atoms with Gasteiger partial charge in [0.2, 0.25) is 11.8 Å². The van der Waals surface area contributed by atoms with Crippen LogP contribution in [0.5, 0.6) is 0 Å². The summed E-state index contributed by atoms with van der Waals surface area (Å²) in [7, 11) is 0. The van der Waals surface area contributed by atoms with Crippen LogP contribution in [-0.2, 0) is 0 Å². The monoisotopic (exact) mass is 321 g/mol. The lowest BCUT2D eigenvalue weighted by Gasteiger charge is -2.15. The van der Waals surface area contributed by atoms with Gasteiger partial charge in [0, 0.05) is 43.4 Å². The Labute approximate surface area is 138 Å². The fourth-order valence-electron chi connectivity index (χ4n) is 2.83. The molecular formula is C17H15N5O2. The molecule has 1 atom stereocenters. The lowest BCUT2D eigenvalue weighted by atomic mass is 10.1. The van der Waals surface area contributed by atoms with E-state index in [1.165, 1.54) is 0 Å². The van der Waals surface area contributed by atoms with Gasteiger partial charge in [-0.25, -0.2) is 0 Å². The summed E-state index contributed by atoms with van der Waals surface area (Å²) in [4.78, 5) is 22.3. The van der Waals surface area contributed by atoms with Crippen LogP contribution in [0, 0.1) is 0 Å². The minimum atomic E-state index is 0.00639. The van der Waals surface area contributed by atoms with Gasteiger partial charge in [-0.1, -0.05) is 0 Å². The van der Waals surface area contributed by atoms with Gasteiger partial charge < -0.3 is 9.32 Å². The van der Waals surface area contributed by atoms with Gasteiger partial charge in [-0.05, 0) is 30.7 Å². The first-order valence-electron chi connectivity index (χ1n) is 7.74. The van der Waals surface area contributed by atoms with Crippen molar-refractivity contribution in [2.24, 2.45) is 0 Å². The van der Waals surface area contributed by atoms with E-state index in [0.717, 1.165) is 12.0 Å². The van der Waals surface area contributed by atoms with Crippen molar-refractivity contribution < 1.29 is 9.21 Å². The molecule has 0 N–H and O–H groups in total. The highest BCUT2D eigenvalue weighted by atomic mass is 16.4. The summed E-state index contributed by atoms with van der Waals surface area (Å²) < 4.78 is 5.78. The molecule has 1 amide bonds. The Kier molecular flexibility index (Phi) is 3.74. The van der Waals surface area contributed by atoms with Gasteiger partial charge in [0.15, 0.2) is 0 Å². The van der Waals surface area contributed by atoms with E-state index in [1.54, 1.807) is 36.9 Å². The zero-order valence-electron chi connectivity index (χ0n) is 12.9. The maximum absolute atomic E-state index is 12.5. The zero-order chi connectivity index (χ0) is 16.4. The average molecular weight is 321 g/mol. The number of rotatable bonds is 3. The van der Waals surface area contributed by atoms with Gasteiger partial charge in [0.05, 0.1) is 11.5 Å². The summed E-state index contributed by atoms with van der Waals surface area (Å²) in [5.74, 6) is 1.09. The Morgan fingerprint density at radius 1 is 1.12 bits per heavy atom.